The number of nitrogens with zero attached hydrogens (tertiary/aromatic N) is 3. The fourth-order valence-electron chi connectivity index (χ4n) is 3.00. The van der Waals surface area contributed by atoms with Gasteiger partial charge in [0.05, 0.1) is 5.75 Å². The molecule has 2 aromatic carbocycles. The van der Waals surface area contributed by atoms with Crippen molar-refractivity contribution >= 4 is 23.4 Å². The van der Waals surface area contributed by atoms with Gasteiger partial charge < -0.3 is 10.1 Å². The normalized spacial score (nSPS) is 10.7. The first kappa shape index (κ1) is 22.6. The Balaban J connectivity index is 1.61. The lowest BCUT2D eigenvalue weighted by Gasteiger charge is -2.11. The first-order valence-electron chi connectivity index (χ1n) is 10.2. The number of aromatic nitrogens is 3. The highest BCUT2D eigenvalue weighted by Gasteiger charge is 2.14. The van der Waals surface area contributed by atoms with Gasteiger partial charge in [-0.15, -0.1) is 16.8 Å². The SMILES string of the molecule is C=CCn1c(COc2ccc(CC)cc2)nnc1SCC(=O)Nc1cc(C)ccc1C. The zero-order chi connectivity index (χ0) is 22.2. The molecule has 1 N–H and O–H groups in total. The summed E-state index contributed by atoms with van der Waals surface area (Å²) in [5, 5.41) is 12.1. The van der Waals surface area contributed by atoms with Crippen molar-refractivity contribution in [1.29, 1.82) is 0 Å². The molecule has 0 saturated heterocycles. The van der Waals surface area contributed by atoms with Gasteiger partial charge in [0.1, 0.15) is 12.4 Å². The Labute approximate surface area is 187 Å². The average Bonchev–Trinajstić information content (AvgIpc) is 3.15. The topological polar surface area (TPSA) is 69.0 Å². The summed E-state index contributed by atoms with van der Waals surface area (Å²) in [6, 6.07) is 14.0. The standard InChI is InChI=1S/C24H28N4O2S/c1-5-13-28-22(15-30-20-11-9-19(6-2)10-12-20)26-27-24(28)31-16-23(29)25-21-14-17(3)7-8-18(21)4/h5,7-12,14H,1,6,13,15-16H2,2-4H3,(H,25,29). The Morgan fingerprint density at radius 2 is 1.97 bits per heavy atom. The van der Waals surface area contributed by atoms with Gasteiger partial charge in [-0.25, -0.2) is 0 Å². The minimum absolute atomic E-state index is 0.0827. The Morgan fingerprint density at radius 3 is 2.68 bits per heavy atom. The average molecular weight is 437 g/mol. The van der Waals surface area contributed by atoms with Crippen molar-refractivity contribution in [3.8, 4) is 5.75 Å². The van der Waals surface area contributed by atoms with Crippen LogP contribution in [-0.2, 0) is 24.4 Å². The van der Waals surface area contributed by atoms with Crippen molar-refractivity contribution < 1.29 is 9.53 Å². The molecule has 0 radical (unpaired) electrons. The van der Waals surface area contributed by atoms with E-state index in [1.165, 1.54) is 17.3 Å². The predicted molar refractivity (Wildman–Crippen MR) is 126 cm³/mol. The molecule has 0 fully saturated rings. The highest BCUT2D eigenvalue weighted by atomic mass is 32.2. The summed E-state index contributed by atoms with van der Waals surface area (Å²) < 4.78 is 7.79. The maximum atomic E-state index is 12.5. The Morgan fingerprint density at radius 1 is 1.19 bits per heavy atom. The number of carbonyl (C=O) groups is 1. The quantitative estimate of drug-likeness (QED) is 0.360. The highest BCUT2D eigenvalue weighted by Crippen LogP contribution is 2.21. The lowest BCUT2D eigenvalue weighted by molar-refractivity contribution is -0.113. The summed E-state index contributed by atoms with van der Waals surface area (Å²) in [6.45, 7) is 10.8. The molecule has 162 valence electrons. The zero-order valence-electron chi connectivity index (χ0n) is 18.2. The second kappa shape index (κ2) is 10.8. The molecule has 0 aliphatic rings. The lowest BCUT2D eigenvalue weighted by Crippen LogP contribution is -2.15. The van der Waals surface area contributed by atoms with Crippen LogP contribution in [-0.4, -0.2) is 26.4 Å². The second-order valence-corrected chi connectivity index (χ2v) is 8.18. The lowest BCUT2D eigenvalue weighted by atomic mass is 10.1. The minimum Gasteiger partial charge on any atom is -0.486 e. The fourth-order valence-corrected chi connectivity index (χ4v) is 3.77. The van der Waals surface area contributed by atoms with E-state index in [2.05, 4.69) is 41.1 Å². The predicted octanol–water partition coefficient (Wildman–Crippen LogP) is 4.95. The number of anilines is 1. The van der Waals surface area contributed by atoms with Crippen LogP contribution in [0.3, 0.4) is 0 Å². The number of hydrogen-bond donors (Lipinski definition) is 1. The first-order valence-corrected chi connectivity index (χ1v) is 11.2. The van der Waals surface area contributed by atoms with Gasteiger partial charge in [0, 0.05) is 12.2 Å². The van der Waals surface area contributed by atoms with Crippen molar-refractivity contribution in [2.45, 2.75) is 45.5 Å². The number of hydrogen-bond acceptors (Lipinski definition) is 5. The Hall–Kier alpha value is -3.06. The maximum Gasteiger partial charge on any atom is 0.234 e. The number of aryl methyl sites for hydroxylation is 3. The monoisotopic (exact) mass is 436 g/mol. The van der Waals surface area contributed by atoms with E-state index >= 15 is 0 Å². The van der Waals surface area contributed by atoms with Gasteiger partial charge in [-0.3, -0.25) is 9.36 Å². The van der Waals surface area contributed by atoms with Crippen LogP contribution in [0, 0.1) is 13.8 Å². The number of carbonyl (C=O) groups excluding carboxylic acids is 1. The summed E-state index contributed by atoms with van der Waals surface area (Å²) in [4.78, 5) is 12.5. The van der Waals surface area contributed by atoms with E-state index in [0.29, 0.717) is 24.1 Å². The molecule has 7 heteroatoms. The number of allylic oxidation sites excluding steroid dienone is 1. The van der Waals surface area contributed by atoms with Gasteiger partial charge >= 0.3 is 0 Å². The second-order valence-electron chi connectivity index (χ2n) is 7.24. The molecular weight excluding hydrogens is 408 g/mol. The molecule has 0 unspecified atom stereocenters. The molecule has 3 aromatic rings. The van der Waals surface area contributed by atoms with Crippen LogP contribution in [0.5, 0.6) is 5.75 Å². The molecule has 0 spiro atoms. The summed E-state index contributed by atoms with van der Waals surface area (Å²) in [7, 11) is 0. The smallest absolute Gasteiger partial charge is 0.234 e. The van der Waals surface area contributed by atoms with Crippen molar-refractivity contribution in [1.82, 2.24) is 14.8 Å². The van der Waals surface area contributed by atoms with E-state index in [-0.39, 0.29) is 11.7 Å². The molecule has 1 amide bonds. The van der Waals surface area contributed by atoms with Gasteiger partial charge in [-0.2, -0.15) is 0 Å². The van der Waals surface area contributed by atoms with E-state index in [0.717, 1.165) is 29.0 Å². The van der Waals surface area contributed by atoms with Crippen LogP contribution in [0.25, 0.3) is 0 Å². The molecule has 0 aliphatic carbocycles. The molecule has 0 aliphatic heterocycles. The van der Waals surface area contributed by atoms with E-state index in [4.69, 9.17) is 4.74 Å². The van der Waals surface area contributed by atoms with Crippen molar-refractivity contribution in [3.63, 3.8) is 0 Å². The molecule has 1 heterocycles. The third-order valence-corrected chi connectivity index (χ3v) is 5.77. The largest absolute Gasteiger partial charge is 0.486 e. The highest BCUT2D eigenvalue weighted by molar-refractivity contribution is 7.99. The van der Waals surface area contributed by atoms with Gasteiger partial charge in [0.2, 0.25) is 5.91 Å². The summed E-state index contributed by atoms with van der Waals surface area (Å²) in [6.07, 6.45) is 2.77. The molecule has 6 nitrogen and oxygen atoms in total. The van der Waals surface area contributed by atoms with Crippen molar-refractivity contribution in [2.75, 3.05) is 11.1 Å². The van der Waals surface area contributed by atoms with Crippen LogP contribution >= 0.6 is 11.8 Å². The minimum atomic E-state index is -0.0827. The van der Waals surface area contributed by atoms with Gasteiger partial charge in [0.25, 0.3) is 0 Å². The van der Waals surface area contributed by atoms with Crippen LogP contribution in [0.2, 0.25) is 0 Å². The van der Waals surface area contributed by atoms with Crippen LogP contribution < -0.4 is 10.1 Å². The molecule has 0 saturated carbocycles. The van der Waals surface area contributed by atoms with Gasteiger partial charge in [-0.1, -0.05) is 49.0 Å². The maximum absolute atomic E-state index is 12.5. The summed E-state index contributed by atoms with van der Waals surface area (Å²) in [5.41, 5.74) is 4.24. The number of rotatable bonds is 10. The van der Waals surface area contributed by atoms with E-state index in [9.17, 15) is 4.79 Å². The molecule has 3 rings (SSSR count). The molecule has 0 bridgehead atoms. The summed E-state index contributed by atoms with van der Waals surface area (Å²) in [5.74, 6) is 1.63. The molecule has 0 atom stereocenters. The van der Waals surface area contributed by atoms with E-state index < -0.39 is 0 Å². The Kier molecular flexibility index (Phi) is 7.89. The molecule has 1 aromatic heterocycles. The fraction of sp³-hybridized carbons (Fsp3) is 0.292. The van der Waals surface area contributed by atoms with Gasteiger partial charge in [-0.05, 0) is 55.2 Å². The van der Waals surface area contributed by atoms with E-state index in [1.807, 2.05) is 48.7 Å². The first-order chi connectivity index (χ1) is 15.0. The van der Waals surface area contributed by atoms with Gasteiger partial charge in [0.15, 0.2) is 11.0 Å². The number of nitrogens with one attached hydrogen (secondary N) is 1. The molecule has 31 heavy (non-hydrogen) atoms. The number of amides is 1. The third-order valence-electron chi connectivity index (χ3n) is 4.80. The van der Waals surface area contributed by atoms with Crippen LogP contribution in [0.4, 0.5) is 5.69 Å². The summed E-state index contributed by atoms with van der Waals surface area (Å²) >= 11 is 1.35. The van der Waals surface area contributed by atoms with Crippen LogP contribution in [0.15, 0.2) is 60.3 Å². The molecular formula is C24H28N4O2S. The van der Waals surface area contributed by atoms with Crippen molar-refractivity contribution in [2.24, 2.45) is 0 Å². The third kappa shape index (κ3) is 6.21. The number of thioether (sulfide) groups is 1. The Bertz CT molecular complexity index is 1040. The number of ether oxygens (including phenoxy) is 1. The zero-order valence-corrected chi connectivity index (χ0v) is 19.0. The van der Waals surface area contributed by atoms with Crippen molar-refractivity contribution in [3.05, 3.63) is 77.6 Å². The van der Waals surface area contributed by atoms with Crippen LogP contribution in [0.1, 0.15) is 29.4 Å². The van der Waals surface area contributed by atoms with E-state index in [1.54, 1.807) is 6.08 Å². The number of benzene rings is 2.